The quantitative estimate of drug-likeness (QED) is 0.138. The van der Waals surface area contributed by atoms with Crippen LogP contribution < -0.4 is 22.5 Å². The summed E-state index contributed by atoms with van der Waals surface area (Å²) in [4.78, 5) is 22.3. The van der Waals surface area contributed by atoms with Crippen molar-refractivity contribution in [2.24, 2.45) is 11.7 Å². The molecule has 0 bridgehead atoms. The summed E-state index contributed by atoms with van der Waals surface area (Å²) >= 11 is 0. The average Bonchev–Trinajstić information content (AvgIpc) is 2.47. The first-order chi connectivity index (χ1) is 9.65. The van der Waals surface area contributed by atoms with Crippen molar-refractivity contribution >= 4 is 53.1 Å². The van der Waals surface area contributed by atoms with Crippen LogP contribution in [0, 0.1) is 0 Å². The molecule has 10 heteroatoms. The molecule has 0 fully saturated rings. The summed E-state index contributed by atoms with van der Waals surface area (Å²) in [6, 6.07) is 0. The number of rotatable bonds is 12. The monoisotopic (exact) mass is 358 g/mol. The summed E-state index contributed by atoms with van der Waals surface area (Å²) in [6.07, 6.45) is 4.05. The molecule has 0 aromatic rings. The number of nitrogens with two attached hydrogens (primary N) is 2. The first-order valence-electron chi connectivity index (χ1n) is 6.27. The third-order valence-corrected chi connectivity index (χ3v) is 9.09. The van der Waals surface area contributed by atoms with Gasteiger partial charge in [-0.05, 0) is 38.9 Å². The molecule has 118 valence electrons. The third-order valence-electron chi connectivity index (χ3n) is 2.26. The van der Waals surface area contributed by atoms with Crippen molar-refractivity contribution in [2.75, 3.05) is 5.75 Å². The second-order valence-corrected chi connectivity index (χ2v) is 10.1. The number of hydrogen-bond acceptors (Lipinski definition) is 8. The first kappa shape index (κ1) is 20.3. The van der Waals surface area contributed by atoms with E-state index in [1.165, 1.54) is 10.8 Å². The van der Waals surface area contributed by atoms with Crippen molar-refractivity contribution in [3.05, 3.63) is 0 Å². The Morgan fingerprint density at radius 3 is 2.50 bits per heavy atom. The van der Waals surface area contributed by atoms with Gasteiger partial charge < -0.3 is 0 Å². The zero-order valence-electron chi connectivity index (χ0n) is 11.4. The van der Waals surface area contributed by atoms with Gasteiger partial charge in [-0.1, -0.05) is 34.9 Å². The largest absolute Gasteiger partial charge is 0.294 e. The number of unbranched alkanes of at least 4 members (excludes halogenated alkanes) is 1. The highest BCUT2D eigenvalue weighted by molar-refractivity contribution is 9.26. The van der Waals surface area contributed by atoms with Gasteiger partial charge >= 0.3 is 0 Å². The highest BCUT2D eigenvalue weighted by atomic mass is 33.7. The van der Waals surface area contributed by atoms with Crippen LogP contribution in [0.5, 0.6) is 0 Å². The molecule has 2 amide bonds. The number of carbonyl (C=O) groups excluding carboxylic acids is 2. The topological polar surface area (TPSA) is 110 Å². The van der Waals surface area contributed by atoms with Crippen LogP contribution in [-0.2, 0) is 9.59 Å². The zero-order chi connectivity index (χ0) is 15.2. The van der Waals surface area contributed by atoms with Crippen molar-refractivity contribution in [3.63, 3.8) is 0 Å². The van der Waals surface area contributed by atoms with Crippen LogP contribution in [-0.4, -0.2) is 22.8 Å². The van der Waals surface area contributed by atoms with Gasteiger partial charge in [0.2, 0.25) is 11.8 Å². The molecular formula is C10H22N4O2S4. The predicted octanol–water partition coefficient (Wildman–Crippen LogP) is 1.98. The molecule has 0 saturated heterocycles. The van der Waals surface area contributed by atoms with Gasteiger partial charge in [-0.15, -0.1) is 0 Å². The Morgan fingerprint density at radius 1 is 1.15 bits per heavy atom. The Balaban J connectivity index is 3.50. The maximum atomic E-state index is 11.5. The van der Waals surface area contributed by atoms with Crippen LogP contribution in [0.1, 0.15) is 39.0 Å². The minimum atomic E-state index is -0.122. The molecule has 0 radical (unpaired) electrons. The molecule has 0 aromatic carbocycles. The fourth-order valence-corrected chi connectivity index (χ4v) is 7.90. The maximum Gasteiger partial charge on any atom is 0.247 e. The van der Waals surface area contributed by atoms with E-state index in [9.17, 15) is 9.59 Å². The number of nitrogens with one attached hydrogen (secondary N) is 2. The Morgan fingerprint density at radius 2 is 1.90 bits per heavy atom. The summed E-state index contributed by atoms with van der Waals surface area (Å²) < 4.78 is 0. The SMILES string of the molecule is CCCC(SSSSCCCCC(=O)NN)C(=O)NN. The summed E-state index contributed by atoms with van der Waals surface area (Å²) in [5, 5.41) is -0.101. The van der Waals surface area contributed by atoms with Gasteiger partial charge in [-0.25, -0.2) is 11.7 Å². The van der Waals surface area contributed by atoms with E-state index in [4.69, 9.17) is 11.7 Å². The Hall–Kier alpha value is 0.260. The number of carbonyl (C=O) groups is 2. The molecule has 20 heavy (non-hydrogen) atoms. The van der Waals surface area contributed by atoms with Crippen molar-refractivity contribution in [1.29, 1.82) is 0 Å². The molecule has 0 aromatic heterocycles. The lowest BCUT2D eigenvalue weighted by molar-refractivity contribution is -0.121. The Bertz CT molecular complexity index is 284. The lowest BCUT2D eigenvalue weighted by Gasteiger charge is -2.12. The zero-order valence-corrected chi connectivity index (χ0v) is 14.7. The highest BCUT2D eigenvalue weighted by Gasteiger charge is 2.17. The molecule has 0 rings (SSSR count). The molecule has 6 nitrogen and oxygen atoms in total. The fraction of sp³-hybridized carbons (Fsp3) is 0.800. The minimum Gasteiger partial charge on any atom is -0.294 e. The molecule has 0 aliphatic rings. The number of hydrogen-bond donors (Lipinski definition) is 4. The second kappa shape index (κ2) is 14.2. The molecule has 0 heterocycles. The standard InChI is InChI=1S/C10H22N4O2S4/c1-2-5-8(10(16)14-12)18-20-19-17-7-4-3-6-9(15)13-11/h8H,2-7,11-12H2,1H3,(H,13,15)(H,14,16). The van der Waals surface area contributed by atoms with Gasteiger partial charge in [0.25, 0.3) is 0 Å². The summed E-state index contributed by atoms with van der Waals surface area (Å²) in [7, 11) is 6.51. The summed E-state index contributed by atoms with van der Waals surface area (Å²) in [6.45, 7) is 2.04. The van der Waals surface area contributed by atoms with Crippen molar-refractivity contribution < 1.29 is 9.59 Å². The van der Waals surface area contributed by atoms with E-state index in [1.54, 1.807) is 30.4 Å². The van der Waals surface area contributed by atoms with Crippen molar-refractivity contribution in [2.45, 2.75) is 44.3 Å². The van der Waals surface area contributed by atoms with E-state index in [1.807, 2.05) is 6.92 Å². The highest BCUT2D eigenvalue weighted by Crippen LogP contribution is 2.45. The van der Waals surface area contributed by atoms with E-state index in [-0.39, 0.29) is 17.1 Å². The Labute approximate surface area is 135 Å². The normalized spacial score (nSPS) is 11.9. The molecule has 1 unspecified atom stereocenters. The van der Waals surface area contributed by atoms with Crippen LogP contribution in [0.3, 0.4) is 0 Å². The second-order valence-electron chi connectivity index (χ2n) is 3.86. The predicted molar refractivity (Wildman–Crippen MR) is 92.4 cm³/mol. The van der Waals surface area contributed by atoms with Crippen LogP contribution >= 0.6 is 41.2 Å². The molecular weight excluding hydrogens is 336 g/mol. The Kier molecular flexibility index (Phi) is 14.4. The lowest BCUT2D eigenvalue weighted by atomic mass is 10.2. The van der Waals surface area contributed by atoms with Crippen LogP contribution in [0.4, 0.5) is 0 Å². The minimum absolute atomic E-state index is 0.101. The third kappa shape index (κ3) is 11.0. The molecule has 6 N–H and O–H groups in total. The molecule has 0 saturated carbocycles. The molecule has 0 aliphatic heterocycles. The van der Waals surface area contributed by atoms with Gasteiger partial charge in [-0.3, -0.25) is 20.4 Å². The van der Waals surface area contributed by atoms with Crippen LogP contribution in [0.15, 0.2) is 0 Å². The smallest absolute Gasteiger partial charge is 0.247 e. The maximum absolute atomic E-state index is 11.5. The molecule has 0 spiro atoms. The van der Waals surface area contributed by atoms with Crippen LogP contribution in [0.2, 0.25) is 0 Å². The van der Waals surface area contributed by atoms with E-state index >= 15 is 0 Å². The molecule has 1 atom stereocenters. The summed E-state index contributed by atoms with van der Waals surface area (Å²) in [5.74, 6) is 10.9. The van der Waals surface area contributed by atoms with Gasteiger partial charge in [0.05, 0.1) is 5.25 Å². The average molecular weight is 359 g/mol. The van der Waals surface area contributed by atoms with Gasteiger partial charge in [0, 0.05) is 12.2 Å². The summed E-state index contributed by atoms with van der Waals surface area (Å²) in [5.41, 5.74) is 4.31. The van der Waals surface area contributed by atoms with Gasteiger partial charge in [0.1, 0.15) is 0 Å². The van der Waals surface area contributed by atoms with E-state index in [0.29, 0.717) is 6.42 Å². The van der Waals surface area contributed by atoms with Crippen LogP contribution in [0.25, 0.3) is 0 Å². The number of hydrazine groups is 2. The van der Waals surface area contributed by atoms with Crippen molar-refractivity contribution in [1.82, 2.24) is 10.9 Å². The van der Waals surface area contributed by atoms with E-state index in [2.05, 4.69) is 10.9 Å². The van der Waals surface area contributed by atoms with E-state index in [0.717, 1.165) is 31.4 Å². The number of amides is 2. The first-order valence-corrected chi connectivity index (χ1v) is 11.3. The van der Waals surface area contributed by atoms with Gasteiger partial charge in [0.15, 0.2) is 0 Å². The van der Waals surface area contributed by atoms with Crippen molar-refractivity contribution in [3.8, 4) is 0 Å². The molecule has 0 aliphatic carbocycles. The fourth-order valence-electron chi connectivity index (χ4n) is 1.21. The lowest BCUT2D eigenvalue weighted by Crippen LogP contribution is -2.37. The van der Waals surface area contributed by atoms with Gasteiger partial charge in [-0.2, -0.15) is 0 Å². The van der Waals surface area contributed by atoms with E-state index < -0.39 is 0 Å².